The molecule has 0 aliphatic carbocycles. The molecule has 2 saturated heterocycles. The number of rotatable bonds is 2. The summed E-state index contributed by atoms with van der Waals surface area (Å²) in [4.78, 5) is 28.9. The highest BCUT2D eigenvalue weighted by Crippen LogP contribution is 2.33. The average molecular weight is 330 g/mol. The summed E-state index contributed by atoms with van der Waals surface area (Å²) in [6.07, 6.45) is 3.37. The monoisotopic (exact) mass is 330 g/mol. The van der Waals surface area contributed by atoms with E-state index in [1.165, 1.54) is 6.42 Å². The summed E-state index contributed by atoms with van der Waals surface area (Å²) in [5.41, 5.74) is 0.580. The minimum Gasteiger partial charge on any atom is -0.454 e. The maximum absolute atomic E-state index is 12.6. The Morgan fingerprint density at radius 1 is 1.12 bits per heavy atom. The third-order valence-electron chi connectivity index (χ3n) is 5.22. The van der Waals surface area contributed by atoms with Crippen LogP contribution in [0.1, 0.15) is 36.5 Å². The molecule has 4 rings (SSSR count). The Kier molecular flexibility index (Phi) is 3.82. The van der Waals surface area contributed by atoms with Gasteiger partial charge in [0.15, 0.2) is 11.5 Å². The van der Waals surface area contributed by atoms with E-state index in [9.17, 15) is 9.59 Å². The zero-order valence-corrected chi connectivity index (χ0v) is 13.9. The summed E-state index contributed by atoms with van der Waals surface area (Å²) < 4.78 is 10.6. The van der Waals surface area contributed by atoms with Gasteiger partial charge in [-0.25, -0.2) is 0 Å². The van der Waals surface area contributed by atoms with Crippen molar-refractivity contribution in [2.45, 2.75) is 32.2 Å². The van der Waals surface area contributed by atoms with Crippen LogP contribution in [0.4, 0.5) is 0 Å². The van der Waals surface area contributed by atoms with Crippen LogP contribution in [-0.4, -0.2) is 54.1 Å². The maximum atomic E-state index is 12.6. The Hall–Kier alpha value is -2.24. The molecule has 24 heavy (non-hydrogen) atoms. The lowest BCUT2D eigenvalue weighted by Crippen LogP contribution is -2.58. The standard InChI is InChI=1S/C18H22N2O4/c1-12-4-2-3-7-20(12)18(22)14-9-19(10-14)17(21)13-5-6-15-16(8-13)24-11-23-15/h5-6,8,12,14H,2-4,7,9-11H2,1H3. The lowest BCUT2D eigenvalue weighted by Gasteiger charge is -2.43. The van der Waals surface area contributed by atoms with E-state index < -0.39 is 0 Å². The van der Waals surface area contributed by atoms with Crippen molar-refractivity contribution in [3.63, 3.8) is 0 Å². The molecule has 0 radical (unpaired) electrons. The van der Waals surface area contributed by atoms with Crippen molar-refractivity contribution < 1.29 is 19.1 Å². The van der Waals surface area contributed by atoms with Crippen LogP contribution in [0.3, 0.4) is 0 Å². The van der Waals surface area contributed by atoms with Gasteiger partial charge in [-0.3, -0.25) is 9.59 Å². The van der Waals surface area contributed by atoms with Crippen molar-refractivity contribution in [1.29, 1.82) is 0 Å². The summed E-state index contributed by atoms with van der Waals surface area (Å²) in [7, 11) is 0. The molecule has 128 valence electrons. The maximum Gasteiger partial charge on any atom is 0.254 e. The number of piperidine rings is 1. The summed E-state index contributed by atoms with van der Waals surface area (Å²) in [5.74, 6) is 1.38. The molecule has 1 aromatic carbocycles. The number of ether oxygens (including phenoxy) is 2. The number of carbonyl (C=O) groups is 2. The zero-order chi connectivity index (χ0) is 16.7. The lowest BCUT2D eigenvalue weighted by atomic mass is 9.94. The Labute approximate surface area is 141 Å². The van der Waals surface area contributed by atoms with Crippen molar-refractivity contribution in [3.8, 4) is 11.5 Å². The number of hydrogen-bond donors (Lipinski definition) is 0. The fraction of sp³-hybridized carbons (Fsp3) is 0.556. The molecule has 0 saturated carbocycles. The van der Waals surface area contributed by atoms with E-state index in [2.05, 4.69) is 6.92 Å². The molecular formula is C18H22N2O4. The molecule has 2 fully saturated rings. The molecule has 1 unspecified atom stereocenters. The lowest BCUT2D eigenvalue weighted by molar-refractivity contribution is -0.143. The van der Waals surface area contributed by atoms with Crippen LogP contribution < -0.4 is 9.47 Å². The van der Waals surface area contributed by atoms with E-state index in [4.69, 9.17) is 9.47 Å². The van der Waals surface area contributed by atoms with Crippen LogP contribution in [-0.2, 0) is 4.79 Å². The Bertz CT molecular complexity index is 669. The number of nitrogens with zero attached hydrogens (tertiary/aromatic N) is 2. The topological polar surface area (TPSA) is 59.1 Å². The Morgan fingerprint density at radius 3 is 2.71 bits per heavy atom. The van der Waals surface area contributed by atoms with Gasteiger partial charge in [0.25, 0.3) is 5.91 Å². The smallest absolute Gasteiger partial charge is 0.254 e. The third kappa shape index (κ3) is 2.60. The first-order valence-corrected chi connectivity index (χ1v) is 8.63. The van der Waals surface area contributed by atoms with Gasteiger partial charge in [0.1, 0.15) is 0 Å². The predicted molar refractivity (Wildman–Crippen MR) is 87.0 cm³/mol. The highest BCUT2D eigenvalue weighted by atomic mass is 16.7. The fourth-order valence-corrected chi connectivity index (χ4v) is 3.67. The number of fused-ring (bicyclic) bond motifs is 1. The molecule has 2 amide bonds. The van der Waals surface area contributed by atoms with E-state index in [1.807, 2.05) is 4.90 Å². The summed E-state index contributed by atoms with van der Waals surface area (Å²) >= 11 is 0. The molecule has 0 spiro atoms. The first-order chi connectivity index (χ1) is 11.6. The Balaban J connectivity index is 1.36. The van der Waals surface area contributed by atoms with Crippen LogP contribution >= 0.6 is 0 Å². The van der Waals surface area contributed by atoms with E-state index >= 15 is 0 Å². The Morgan fingerprint density at radius 2 is 1.92 bits per heavy atom. The second-order valence-electron chi connectivity index (χ2n) is 6.85. The van der Waals surface area contributed by atoms with Gasteiger partial charge < -0.3 is 19.3 Å². The van der Waals surface area contributed by atoms with Crippen molar-refractivity contribution in [3.05, 3.63) is 23.8 Å². The van der Waals surface area contributed by atoms with Crippen molar-refractivity contribution in [1.82, 2.24) is 9.80 Å². The van der Waals surface area contributed by atoms with Crippen LogP contribution in [0.5, 0.6) is 11.5 Å². The van der Waals surface area contributed by atoms with Crippen LogP contribution in [0.15, 0.2) is 18.2 Å². The van der Waals surface area contributed by atoms with Gasteiger partial charge in [0.2, 0.25) is 12.7 Å². The van der Waals surface area contributed by atoms with Gasteiger partial charge in [0, 0.05) is 31.2 Å². The van der Waals surface area contributed by atoms with Gasteiger partial charge in [-0.1, -0.05) is 0 Å². The number of likely N-dealkylation sites (tertiary alicyclic amines) is 2. The molecule has 1 atom stereocenters. The molecule has 3 aliphatic rings. The minimum atomic E-state index is -0.0523. The average Bonchev–Trinajstić information content (AvgIpc) is 3.01. The van der Waals surface area contributed by atoms with Gasteiger partial charge in [-0.15, -0.1) is 0 Å². The molecule has 6 nitrogen and oxygen atoms in total. The highest BCUT2D eigenvalue weighted by Gasteiger charge is 2.39. The van der Waals surface area contributed by atoms with Crippen molar-refractivity contribution in [2.75, 3.05) is 26.4 Å². The van der Waals surface area contributed by atoms with Crippen LogP contribution in [0.2, 0.25) is 0 Å². The van der Waals surface area contributed by atoms with E-state index in [0.29, 0.717) is 36.2 Å². The summed E-state index contributed by atoms with van der Waals surface area (Å²) in [5, 5.41) is 0. The van der Waals surface area contributed by atoms with Crippen LogP contribution in [0, 0.1) is 5.92 Å². The van der Waals surface area contributed by atoms with Gasteiger partial charge in [0.05, 0.1) is 5.92 Å². The highest BCUT2D eigenvalue weighted by molar-refractivity contribution is 5.96. The predicted octanol–water partition coefficient (Wildman–Crippen LogP) is 1.89. The van der Waals surface area contributed by atoms with Gasteiger partial charge in [-0.05, 0) is 44.4 Å². The first-order valence-electron chi connectivity index (χ1n) is 8.63. The molecule has 0 N–H and O–H groups in total. The largest absolute Gasteiger partial charge is 0.454 e. The molecule has 1 aromatic rings. The molecule has 3 heterocycles. The normalized spacial score (nSPS) is 23.1. The summed E-state index contributed by atoms with van der Waals surface area (Å²) in [6, 6.07) is 5.54. The number of benzene rings is 1. The van der Waals surface area contributed by atoms with E-state index in [-0.39, 0.29) is 24.5 Å². The summed E-state index contributed by atoms with van der Waals surface area (Å²) in [6.45, 7) is 4.18. The number of amides is 2. The second-order valence-corrected chi connectivity index (χ2v) is 6.85. The first kappa shape index (κ1) is 15.3. The minimum absolute atomic E-state index is 0.0518. The number of carbonyl (C=O) groups excluding carboxylic acids is 2. The molecular weight excluding hydrogens is 308 g/mol. The molecule has 0 bridgehead atoms. The molecule has 6 heteroatoms. The van der Waals surface area contributed by atoms with Crippen LogP contribution in [0.25, 0.3) is 0 Å². The zero-order valence-electron chi connectivity index (χ0n) is 13.9. The van der Waals surface area contributed by atoms with Gasteiger partial charge in [-0.2, -0.15) is 0 Å². The quantitative estimate of drug-likeness (QED) is 0.831. The number of hydrogen-bond acceptors (Lipinski definition) is 4. The van der Waals surface area contributed by atoms with E-state index in [0.717, 1.165) is 19.4 Å². The molecule has 0 aromatic heterocycles. The fourth-order valence-electron chi connectivity index (χ4n) is 3.67. The van der Waals surface area contributed by atoms with Crippen molar-refractivity contribution in [2.24, 2.45) is 5.92 Å². The van der Waals surface area contributed by atoms with E-state index in [1.54, 1.807) is 23.1 Å². The third-order valence-corrected chi connectivity index (χ3v) is 5.22. The van der Waals surface area contributed by atoms with Gasteiger partial charge >= 0.3 is 0 Å². The van der Waals surface area contributed by atoms with Crippen molar-refractivity contribution >= 4 is 11.8 Å². The SMILES string of the molecule is CC1CCCCN1C(=O)C1CN(C(=O)c2ccc3c(c2)OCO3)C1. The molecule has 3 aliphatic heterocycles. The second kappa shape index (κ2) is 6.00.